The van der Waals surface area contributed by atoms with Gasteiger partial charge < -0.3 is 4.74 Å². The largest absolute Gasteiger partial charge is 0.465 e. The second kappa shape index (κ2) is 6.70. The predicted octanol–water partition coefficient (Wildman–Crippen LogP) is 3.07. The molecule has 6 heteroatoms. The number of rotatable bonds is 4. The quantitative estimate of drug-likeness (QED) is 0.783. The van der Waals surface area contributed by atoms with Crippen LogP contribution in [0.3, 0.4) is 0 Å². The lowest BCUT2D eigenvalue weighted by Crippen LogP contribution is -2.54. The molecule has 3 heterocycles. The third kappa shape index (κ3) is 2.89. The predicted molar refractivity (Wildman–Crippen MR) is 90.5 cm³/mol. The third-order valence-corrected chi connectivity index (χ3v) is 5.60. The van der Waals surface area contributed by atoms with Crippen molar-refractivity contribution >= 4 is 17.6 Å². The van der Waals surface area contributed by atoms with E-state index in [0.29, 0.717) is 24.5 Å². The molecule has 0 aromatic carbocycles. The second-order valence-corrected chi connectivity index (χ2v) is 7.19. The van der Waals surface area contributed by atoms with E-state index in [0.717, 1.165) is 18.4 Å². The fraction of sp³-hybridized carbons (Fsp3) is 0.611. The maximum absolute atomic E-state index is 12.2. The average Bonchev–Trinajstić information content (AvgIpc) is 2.85. The van der Waals surface area contributed by atoms with Gasteiger partial charge in [-0.25, -0.2) is 0 Å². The maximum atomic E-state index is 12.2. The van der Waals surface area contributed by atoms with Crippen LogP contribution < -0.4 is 0 Å². The van der Waals surface area contributed by atoms with Crippen LogP contribution in [0.5, 0.6) is 0 Å². The molecule has 0 aliphatic carbocycles. The SMILES string of the molecule is CCOC(=O)C(C)N1C2CCC1CC(C#N)(c1cncc(Cl)c1)C2. The number of piperidine rings is 1. The first-order valence-corrected chi connectivity index (χ1v) is 8.85. The maximum Gasteiger partial charge on any atom is 0.323 e. The number of aromatic nitrogens is 1. The van der Waals surface area contributed by atoms with Gasteiger partial charge in [-0.2, -0.15) is 5.26 Å². The van der Waals surface area contributed by atoms with E-state index in [1.165, 1.54) is 0 Å². The van der Waals surface area contributed by atoms with E-state index in [4.69, 9.17) is 16.3 Å². The lowest BCUT2D eigenvalue weighted by Gasteiger charge is -2.45. The molecule has 2 aliphatic heterocycles. The number of pyridine rings is 1. The summed E-state index contributed by atoms with van der Waals surface area (Å²) in [6.45, 7) is 4.12. The summed E-state index contributed by atoms with van der Waals surface area (Å²) in [6, 6.07) is 4.54. The smallest absolute Gasteiger partial charge is 0.323 e. The fourth-order valence-corrected chi connectivity index (χ4v) is 4.54. The number of halogens is 1. The molecular weight excluding hydrogens is 326 g/mol. The first-order chi connectivity index (χ1) is 11.5. The molecule has 5 nitrogen and oxygen atoms in total. The van der Waals surface area contributed by atoms with Crippen molar-refractivity contribution in [2.45, 2.75) is 63.1 Å². The van der Waals surface area contributed by atoms with Crippen LogP contribution in [0.2, 0.25) is 5.02 Å². The Morgan fingerprint density at radius 1 is 1.50 bits per heavy atom. The molecule has 0 N–H and O–H groups in total. The zero-order valence-electron chi connectivity index (χ0n) is 14.0. The van der Waals surface area contributed by atoms with Gasteiger partial charge in [0.2, 0.25) is 0 Å². The minimum Gasteiger partial charge on any atom is -0.465 e. The van der Waals surface area contributed by atoms with Crippen molar-refractivity contribution < 1.29 is 9.53 Å². The Balaban J connectivity index is 1.86. The van der Waals surface area contributed by atoms with Gasteiger partial charge in [0, 0.05) is 24.5 Å². The van der Waals surface area contributed by atoms with Gasteiger partial charge in [0.25, 0.3) is 0 Å². The van der Waals surface area contributed by atoms with Crippen LogP contribution >= 0.6 is 11.6 Å². The van der Waals surface area contributed by atoms with Gasteiger partial charge >= 0.3 is 5.97 Å². The Bertz CT molecular complexity index is 658. The van der Waals surface area contributed by atoms with Crippen LogP contribution in [-0.2, 0) is 14.9 Å². The summed E-state index contributed by atoms with van der Waals surface area (Å²) >= 11 is 6.08. The van der Waals surface area contributed by atoms with E-state index in [9.17, 15) is 10.1 Å². The normalized spacial score (nSPS) is 30.6. The molecule has 24 heavy (non-hydrogen) atoms. The van der Waals surface area contributed by atoms with Gasteiger partial charge in [0.05, 0.1) is 23.1 Å². The van der Waals surface area contributed by atoms with Crippen molar-refractivity contribution in [1.29, 1.82) is 5.26 Å². The molecule has 2 saturated heterocycles. The Morgan fingerprint density at radius 3 is 2.71 bits per heavy atom. The van der Waals surface area contributed by atoms with E-state index in [1.54, 1.807) is 12.4 Å². The molecule has 0 spiro atoms. The van der Waals surface area contributed by atoms with Crippen LogP contribution in [0, 0.1) is 11.3 Å². The topological polar surface area (TPSA) is 66.2 Å². The molecule has 0 amide bonds. The number of fused-ring (bicyclic) bond motifs is 2. The molecular formula is C18H22ClN3O2. The van der Waals surface area contributed by atoms with Gasteiger partial charge in [-0.3, -0.25) is 14.7 Å². The second-order valence-electron chi connectivity index (χ2n) is 6.75. The van der Waals surface area contributed by atoms with Crippen molar-refractivity contribution in [3.05, 3.63) is 29.0 Å². The highest BCUT2D eigenvalue weighted by Gasteiger charge is 2.52. The molecule has 2 fully saturated rings. The minimum absolute atomic E-state index is 0.178. The van der Waals surface area contributed by atoms with Gasteiger partial charge in [0.1, 0.15) is 6.04 Å². The lowest BCUT2D eigenvalue weighted by atomic mass is 9.71. The summed E-state index contributed by atoms with van der Waals surface area (Å²) in [6.07, 6.45) is 6.75. The van der Waals surface area contributed by atoms with Crippen molar-refractivity contribution in [2.75, 3.05) is 6.61 Å². The Hall–Kier alpha value is -1.64. The van der Waals surface area contributed by atoms with Gasteiger partial charge in [0.15, 0.2) is 0 Å². The van der Waals surface area contributed by atoms with Gasteiger partial charge in [-0.15, -0.1) is 0 Å². The number of esters is 1. The Morgan fingerprint density at radius 2 is 2.17 bits per heavy atom. The van der Waals surface area contributed by atoms with E-state index in [1.807, 2.05) is 19.9 Å². The number of nitrogens with zero attached hydrogens (tertiary/aromatic N) is 3. The molecule has 2 bridgehead atoms. The number of nitriles is 1. The van der Waals surface area contributed by atoms with Gasteiger partial charge in [-0.05, 0) is 51.2 Å². The third-order valence-electron chi connectivity index (χ3n) is 5.39. The highest BCUT2D eigenvalue weighted by molar-refractivity contribution is 6.30. The first kappa shape index (κ1) is 17.2. The zero-order chi connectivity index (χ0) is 17.3. The zero-order valence-corrected chi connectivity index (χ0v) is 14.8. The monoisotopic (exact) mass is 347 g/mol. The summed E-state index contributed by atoms with van der Waals surface area (Å²) in [7, 11) is 0. The lowest BCUT2D eigenvalue weighted by molar-refractivity contribution is -0.151. The average molecular weight is 348 g/mol. The molecule has 0 saturated carbocycles. The molecule has 2 aliphatic rings. The molecule has 128 valence electrons. The Labute approximate surface area is 147 Å². The van der Waals surface area contributed by atoms with Crippen LogP contribution in [0.15, 0.2) is 18.5 Å². The molecule has 3 unspecified atom stereocenters. The number of carbonyl (C=O) groups is 1. The fourth-order valence-electron chi connectivity index (χ4n) is 4.37. The number of hydrogen-bond acceptors (Lipinski definition) is 5. The van der Waals surface area contributed by atoms with Crippen molar-refractivity contribution in [3.8, 4) is 6.07 Å². The molecule has 1 aromatic heterocycles. The summed E-state index contributed by atoms with van der Waals surface area (Å²) < 4.78 is 5.19. The van der Waals surface area contributed by atoms with E-state index < -0.39 is 5.41 Å². The number of hydrogen-bond donors (Lipinski definition) is 0. The molecule has 3 rings (SSSR count). The summed E-state index contributed by atoms with van der Waals surface area (Å²) in [5.74, 6) is -0.178. The van der Waals surface area contributed by atoms with Crippen molar-refractivity contribution in [2.24, 2.45) is 0 Å². The van der Waals surface area contributed by atoms with Crippen LogP contribution in [0.1, 0.15) is 45.1 Å². The van der Waals surface area contributed by atoms with Crippen LogP contribution in [0.25, 0.3) is 0 Å². The minimum atomic E-state index is -0.575. The number of carbonyl (C=O) groups excluding carboxylic acids is 1. The highest BCUT2D eigenvalue weighted by atomic mass is 35.5. The summed E-state index contributed by atoms with van der Waals surface area (Å²) in [5.41, 5.74) is 0.312. The van der Waals surface area contributed by atoms with Gasteiger partial charge in [-0.1, -0.05) is 11.6 Å². The van der Waals surface area contributed by atoms with Crippen molar-refractivity contribution in [3.63, 3.8) is 0 Å². The summed E-state index contributed by atoms with van der Waals surface area (Å²) in [4.78, 5) is 18.6. The molecule has 0 radical (unpaired) electrons. The summed E-state index contributed by atoms with van der Waals surface area (Å²) in [5, 5.41) is 10.5. The number of ether oxygens (including phenoxy) is 1. The van der Waals surface area contributed by atoms with Crippen LogP contribution in [0.4, 0.5) is 0 Å². The standard InChI is InChI=1S/C18H22ClN3O2/c1-3-24-17(23)12(2)22-15-4-5-16(22)8-18(7-15,11-20)13-6-14(19)10-21-9-13/h6,9-10,12,15-16H,3-5,7-8H2,1-2H3. The van der Waals surface area contributed by atoms with Crippen molar-refractivity contribution in [1.82, 2.24) is 9.88 Å². The molecule has 3 atom stereocenters. The van der Waals surface area contributed by atoms with Crippen LogP contribution in [-0.4, -0.2) is 40.6 Å². The van der Waals surface area contributed by atoms with E-state index in [2.05, 4.69) is 16.0 Å². The van der Waals surface area contributed by atoms with E-state index >= 15 is 0 Å². The molecule has 1 aromatic rings. The highest BCUT2D eigenvalue weighted by Crippen LogP contribution is 2.48. The Kier molecular flexibility index (Phi) is 4.80. The van der Waals surface area contributed by atoms with E-state index in [-0.39, 0.29) is 24.1 Å². The first-order valence-electron chi connectivity index (χ1n) is 8.47.